The van der Waals surface area contributed by atoms with Gasteiger partial charge < -0.3 is 4.74 Å². The van der Waals surface area contributed by atoms with E-state index in [0.717, 1.165) is 33.6 Å². The summed E-state index contributed by atoms with van der Waals surface area (Å²) >= 11 is 6.28. The van der Waals surface area contributed by atoms with Crippen molar-refractivity contribution in [2.45, 2.75) is 0 Å². The van der Waals surface area contributed by atoms with Crippen LogP contribution in [0.2, 0.25) is 5.02 Å². The van der Waals surface area contributed by atoms with Gasteiger partial charge in [-0.2, -0.15) is 0 Å². The molecule has 0 spiro atoms. The van der Waals surface area contributed by atoms with Crippen LogP contribution in [0, 0.1) is 0 Å². The molecule has 0 aliphatic carbocycles. The zero-order valence-electron chi connectivity index (χ0n) is 13.0. The predicted octanol–water partition coefficient (Wildman–Crippen LogP) is 4.75. The molecule has 5 heteroatoms. The maximum Gasteiger partial charge on any atom is 0.119 e. The van der Waals surface area contributed by atoms with Crippen LogP contribution in [0.15, 0.2) is 67.3 Å². The molecule has 4 aromatic rings. The van der Waals surface area contributed by atoms with Crippen LogP contribution in [0.4, 0.5) is 0 Å². The molecule has 2 aromatic heterocycles. The van der Waals surface area contributed by atoms with E-state index >= 15 is 0 Å². The lowest BCUT2D eigenvalue weighted by Gasteiger charge is -2.08. The van der Waals surface area contributed by atoms with Gasteiger partial charge in [0.05, 0.1) is 23.2 Å². The first-order valence-corrected chi connectivity index (χ1v) is 7.85. The molecule has 0 amide bonds. The van der Waals surface area contributed by atoms with E-state index in [0.29, 0.717) is 5.02 Å². The molecule has 24 heavy (non-hydrogen) atoms. The van der Waals surface area contributed by atoms with E-state index in [2.05, 4.69) is 16.0 Å². The Balaban J connectivity index is 1.85. The number of pyridine rings is 1. The summed E-state index contributed by atoms with van der Waals surface area (Å²) in [4.78, 5) is 8.52. The predicted molar refractivity (Wildman–Crippen MR) is 95.9 cm³/mol. The van der Waals surface area contributed by atoms with E-state index in [-0.39, 0.29) is 0 Å². The first kappa shape index (κ1) is 14.7. The second-order valence-electron chi connectivity index (χ2n) is 5.37. The fraction of sp³-hybridized carbons (Fsp3) is 0.0526. The van der Waals surface area contributed by atoms with Crippen LogP contribution in [-0.2, 0) is 0 Å². The van der Waals surface area contributed by atoms with Gasteiger partial charge in [0.25, 0.3) is 0 Å². The summed E-state index contributed by atoms with van der Waals surface area (Å²) in [6.07, 6.45) is 5.22. The summed E-state index contributed by atoms with van der Waals surface area (Å²) in [5.41, 5.74) is 4.96. The summed E-state index contributed by atoms with van der Waals surface area (Å²) in [5.74, 6) is 0.826. The van der Waals surface area contributed by atoms with Gasteiger partial charge in [-0.1, -0.05) is 17.7 Å². The lowest BCUT2D eigenvalue weighted by atomic mass is 10.1. The van der Waals surface area contributed by atoms with Crippen molar-refractivity contribution >= 4 is 22.6 Å². The minimum Gasteiger partial charge on any atom is -0.497 e. The standard InChI is InChI=1S/C19H14ClN3O/c1-24-15-5-3-14(4-6-15)23-12-22-18-7-2-13(10-19(18)23)16-8-9-21-11-17(16)20/h2-12H,1H3. The Kier molecular flexibility index (Phi) is 3.67. The summed E-state index contributed by atoms with van der Waals surface area (Å²) in [7, 11) is 1.66. The van der Waals surface area contributed by atoms with Crippen molar-refractivity contribution in [3.05, 3.63) is 72.3 Å². The molecule has 0 saturated carbocycles. The molecule has 2 aromatic carbocycles. The number of ether oxygens (including phenoxy) is 1. The number of benzene rings is 2. The van der Waals surface area contributed by atoms with Crippen molar-refractivity contribution in [3.63, 3.8) is 0 Å². The van der Waals surface area contributed by atoms with Crippen molar-refractivity contribution in [2.24, 2.45) is 0 Å². The van der Waals surface area contributed by atoms with Gasteiger partial charge in [-0.25, -0.2) is 4.98 Å². The molecule has 0 radical (unpaired) electrons. The normalized spacial score (nSPS) is 10.9. The number of methoxy groups -OCH3 is 1. The van der Waals surface area contributed by atoms with Gasteiger partial charge in [-0.05, 0) is 48.0 Å². The van der Waals surface area contributed by atoms with Gasteiger partial charge in [0.2, 0.25) is 0 Å². The van der Waals surface area contributed by atoms with E-state index in [1.807, 2.05) is 53.4 Å². The number of halogens is 1. The van der Waals surface area contributed by atoms with Crippen molar-refractivity contribution in [3.8, 4) is 22.6 Å². The van der Waals surface area contributed by atoms with Crippen LogP contribution in [-0.4, -0.2) is 21.6 Å². The molecule has 0 atom stereocenters. The number of fused-ring (bicyclic) bond motifs is 1. The lowest BCUT2D eigenvalue weighted by Crippen LogP contribution is -1.92. The summed E-state index contributed by atoms with van der Waals surface area (Å²) in [5, 5.41) is 0.632. The van der Waals surface area contributed by atoms with Gasteiger partial charge in [0.15, 0.2) is 0 Å². The topological polar surface area (TPSA) is 39.9 Å². The molecule has 2 heterocycles. The van der Waals surface area contributed by atoms with Crippen molar-refractivity contribution in [2.75, 3.05) is 7.11 Å². The average molecular weight is 336 g/mol. The maximum absolute atomic E-state index is 6.28. The molecule has 0 N–H and O–H groups in total. The molecule has 0 bridgehead atoms. The van der Waals surface area contributed by atoms with E-state index in [1.165, 1.54) is 0 Å². The van der Waals surface area contributed by atoms with Gasteiger partial charge >= 0.3 is 0 Å². The SMILES string of the molecule is COc1ccc(-n2cnc3ccc(-c4ccncc4Cl)cc32)cc1. The molecule has 4 rings (SSSR count). The van der Waals surface area contributed by atoms with Crippen LogP contribution in [0.25, 0.3) is 27.8 Å². The molecule has 4 nitrogen and oxygen atoms in total. The third-order valence-corrected chi connectivity index (χ3v) is 4.28. The maximum atomic E-state index is 6.28. The Hall–Kier alpha value is -2.85. The van der Waals surface area contributed by atoms with Crippen LogP contribution in [0.1, 0.15) is 0 Å². The molecule has 0 aliphatic heterocycles. The first-order valence-electron chi connectivity index (χ1n) is 7.48. The van der Waals surface area contributed by atoms with Crippen LogP contribution >= 0.6 is 11.6 Å². The number of aromatic nitrogens is 3. The van der Waals surface area contributed by atoms with Gasteiger partial charge in [0.1, 0.15) is 12.1 Å². The van der Waals surface area contributed by atoms with Crippen molar-refractivity contribution < 1.29 is 4.74 Å². The monoisotopic (exact) mass is 335 g/mol. The summed E-state index contributed by atoms with van der Waals surface area (Å²) in [6.45, 7) is 0. The third-order valence-electron chi connectivity index (χ3n) is 3.98. The number of nitrogens with zero attached hydrogens (tertiary/aromatic N) is 3. The van der Waals surface area contributed by atoms with E-state index < -0.39 is 0 Å². The number of rotatable bonds is 3. The lowest BCUT2D eigenvalue weighted by molar-refractivity contribution is 0.415. The third kappa shape index (κ3) is 2.51. The zero-order valence-corrected chi connectivity index (χ0v) is 13.7. The Morgan fingerprint density at radius 2 is 1.88 bits per heavy atom. The molecule has 118 valence electrons. The Morgan fingerprint density at radius 3 is 2.62 bits per heavy atom. The highest BCUT2D eigenvalue weighted by molar-refractivity contribution is 6.33. The highest BCUT2D eigenvalue weighted by Crippen LogP contribution is 2.30. The molecule has 0 fully saturated rings. The molecular formula is C19H14ClN3O. The van der Waals surface area contributed by atoms with E-state index in [1.54, 1.807) is 19.5 Å². The number of imidazole rings is 1. The largest absolute Gasteiger partial charge is 0.497 e. The number of hydrogen-bond donors (Lipinski definition) is 0. The van der Waals surface area contributed by atoms with Crippen LogP contribution in [0.5, 0.6) is 5.75 Å². The van der Waals surface area contributed by atoms with E-state index in [4.69, 9.17) is 16.3 Å². The summed E-state index contributed by atoms with van der Waals surface area (Å²) in [6, 6.07) is 15.9. The number of hydrogen-bond acceptors (Lipinski definition) is 3. The van der Waals surface area contributed by atoms with Crippen LogP contribution in [0.3, 0.4) is 0 Å². The second-order valence-corrected chi connectivity index (χ2v) is 5.78. The fourth-order valence-corrected chi connectivity index (χ4v) is 2.96. The van der Waals surface area contributed by atoms with Crippen molar-refractivity contribution in [1.29, 1.82) is 0 Å². The highest BCUT2D eigenvalue weighted by Gasteiger charge is 2.09. The fourth-order valence-electron chi connectivity index (χ4n) is 2.73. The Labute approximate surface area is 144 Å². The average Bonchev–Trinajstić information content (AvgIpc) is 3.05. The second kappa shape index (κ2) is 5.98. The molecular weight excluding hydrogens is 322 g/mol. The molecule has 0 saturated heterocycles. The highest BCUT2D eigenvalue weighted by atomic mass is 35.5. The van der Waals surface area contributed by atoms with Crippen LogP contribution < -0.4 is 4.74 Å². The minimum atomic E-state index is 0.632. The van der Waals surface area contributed by atoms with E-state index in [9.17, 15) is 0 Å². The molecule has 0 unspecified atom stereocenters. The quantitative estimate of drug-likeness (QED) is 0.542. The Morgan fingerprint density at radius 1 is 1.04 bits per heavy atom. The van der Waals surface area contributed by atoms with Gasteiger partial charge in [-0.15, -0.1) is 0 Å². The first-order chi connectivity index (χ1) is 11.8. The van der Waals surface area contributed by atoms with Gasteiger partial charge in [0, 0.05) is 23.6 Å². The van der Waals surface area contributed by atoms with Gasteiger partial charge in [-0.3, -0.25) is 9.55 Å². The zero-order chi connectivity index (χ0) is 16.5. The Bertz CT molecular complexity index is 1010. The molecule has 0 aliphatic rings. The van der Waals surface area contributed by atoms with Crippen molar-refractivity contribution in [1.82, 2.24) is 14.5 Å². The smallest absolute Gasteiger partial charge is 0.119 e. The summed E-state index contributed by atoms with van der Waals surface area (Å²) < 4.78 is 7.27. The minimum absolute atomic E-state index is 0.632.